The number of rotatable bonds is 3. The second-order valence-corrected chi connectivity index (χ2v) is 3.79. The second-order valence-electron chi connectivity index (χ2n) is 3.79. The smallest absolute Gasteiger partial charge is 0.339 e. The van der Waals surface area contributed by atoms with Gasteiger partial charge in [-0.25, -0.2) is 22.6 Å². The van der Waals surface area contributed by atoms with E-state index in [2.05, 4.69) is 5.10 Å². The number of carboxylic acids is 1. The standard InChI is InChI=1S/C12H9F3N2O2/c1-2-10-6(12(18)19)5-16-17(10)11-4-8(14)7(13)3-9(11)15/h3-5H,2H2,1H3,(H,18,19). The number of nitrogens with zero attached hydrogens (tertiary/aromatic N) is 2. The molecule has 0 aliphatic heterocycles. The van der Waals surface area contributed by atoms with Gasteiger partial charge in [-0.05, 0) is 6.42 Å². The van der Waals surface area contributed by atoms with Gasteiger partial charge in [0.15, 0.2) is 17.5 Å². The fourth-order valence-corrected chi connectivity index (χ4v) is 1.77. The minimum Gasteiger partial charge on any atom is -0.478 e. The van der Waals surface area contributed by atoms with Gasteiger partial charge >= 0.3 is 5.97 Å². The SMILES string of the molecule is CCc1c(C(=O)O)cnn1-c1cc(F)c(F)cc1F. The van der Waals surface area contributed by atoms with Crippen molar-refractivity contribution >= 4 is 5.97 Å². The number of carbonyl (C=O) groups is 1. The van der Waals surface area contributed by atoms with Gasteiger partial charge in [0.05, 0.1) is 11.9 Å². The van der Waals surface area contributed by atoms with E-state index in [0.29, 0.717) is 12.1 Å². The van der Waals surface area contributed by atoms with E-state index in [-0.39, 0.29) is 23.4 Å². The van der Waals surface area contributed by atoms with E-state index in [4.69, 9.17) is 5.11 Å². The Morgan fingerprint density at radius 3 is 2.47 bits per heavy atom. The minimum atomic E-state index is -1.31. The topological polar surface area (TPSA) is 55.1 Å². The van der Waals surface area contributed by atoms with Crippen LogP contribution in [-0.4, -0.2) is 20.9 Å². The van der Waals surface area contributed by atoms with E-state index in [0.717, 1.165) is 10.9 Å². The third-order valence-corrected chi connectivity index (χ3v) is 2.65. The van der Waals surface area contributed by atoms with Crippen molar-refractivity contribution in [3.05, 3.63) is 47.0 Å². The summed E-state index contributed by atoms with van der Waals surface area (Å²) in [7, 11) is 0. The maximum atomic E-state index is 13.6. The molecule has 100 valence electrons. The Morgan fingerprint density at radius 2 is 1.89 bits per heavy atom. The zero-order valence-corrected chi connectivity index (χ0v) is 9.82. The molecule has 7 heteroatoms. The highest BCUT2D eigenvalue weighted by Crippen LogP contribution is 2.21. The molecule has 2 rings (SSSR count). The molecule has 2 aromatic rings. The van der Waals surface area contributed by atoms with Gasteiger partial charge in [0.25, 0.3) is 0 Å². The number of aromatic nitrogens is 2. The van der Waals surface area contributed by atoms with Gasteiger partial charge < -0.3 is 5.11 Å². The van der Waals surface area contributed by atoms with Crippen molar-refractivity contribution in [2.45, 2.75) is 13.3 Å². The van der Waals surface area contributed by atoms with Crippen molar-refractivity contribution in [2.75, 3.05) is 0 Å². The molecule has 1 N–H and O–H groups in total. The van der Waals surface area contributed by atoms with Gasteiger partial charge in [-0.2, -0.15) is 5.10 Å². The van der Waals surface area contributed by atoms with Crippen LogP contribution in [0.5, 0.6) is 0 Å². The number of halogens is 3. The van der Waals surface area contributed by atoms with Gasteiger partial charge in [-0.15, -0.1) is 0 Å². The lowest BCUT2D eigenvalue weighted by Crippen LogP contribution is -2.08. The molecule has 0 amide bonds. The fraction of sp³-hybridized carbons (Fsp3) is 0.167. The summed E-state index contributed by atoms with van der Waals surface area (Å²) in [4.78, 5) is 11.0. The van der Waals surface area contributed by atoms with E-state index in [1.165, 1.54) is 0 Å². The quantitative estimate of drug-likeness (QED) is 0.872. The fourth-order valence-electron chi connectivity index (χ4n) is 1.77. The third-order valence-electron chi connectivity index (χ3n) is 2.65. The van der Waals surface area contributed by atoms with Crippen molar-refractivity contribution in [3.63, 3.8) is 0 Å². The second kappa shape index (κ2) is 4.75. The van der Waals surface area contributed by atoms with Crippen LogP contribution in [-0.2, 0) is 6.42 Å². The highest BCUT2D eigenvalue weighted by molar-refractivity contribution is 5.88. The van der Waals surface area contributed by atoms with Gasteiger partial charge in [-0.3, -0.25) is 0 Å². The number of benzene rings is 1. The van der Waals surface area contributed by atoms with Gasteiger partial charge in [-0.1, -0.05) is 6.92 Å². The van der Waals surface area contributed by atoms with Crippen molar-refractivity contribution in [3.8, 4) is 5.69 Å². The van der Waals surface area contributed by atoms with Crippen molar-refractivity contribution in [1.29, 1.82) is 0 Å². The van der Waals surface area contributed by atoms with Crippen LogP contribution in [0.4, 0.5) is 13.2 Å². The highest BCUT2D eigenvalue weighted by Gasteiger charge is 2.19. The minimum absolute atomic E-state index is 0.105. The first-order chi connectivity index (χ1) is 8.95. The number of hydrogen-bond donors (Lipinski definition) is 1. The van der Waals surface area contributed by atoms with E-state index < -0.39 is 23.4 Å². The predicted octanol–water partition coefficient (Wildman–Crippen LogP) is 2.55. The maximum Gasteiger partial charge on any atom is 0.339 e. The number of aromatic carboxylic acids is 1. The van der Waals surface area contributed by atoms with Gasteiger partial charge in [0, 0.05) is 12.1 Å². The van der Waals surface area contributed by atoms with E-state index in [1.54, 1.807) is 6.92 Å². The first-order valence-electron chi connectivity index (χ1n) is 5.40. The van der Waals surface area contributed by atoms with E-state index >= 15 is 0 Å². The molecule has 19 heavy (non-hydrogen) atoms. The van der Waals surface area contributed by atoms with Crippen LogP contribution in [0.15, 0.2) is 18.3 Å². The Labute approximate surface area is 106 Å². The van der Waals surface area contributed by atoms with Crippen molar-refractivity contribution < 1.29 is 23.1 Å². The van der Waals surface area contributed by atoms with Gasteiger partial charge in [0.1, 0.15) is 11.3 Å². The Bertz CT molecular complexity index is 653. The molecular formula is C12H9F3N2O2. The predicted molar refractivity (Wildman–Crippen MR) is 59.8 cm³/mol. The molecule has 4 nitrogen and oxygen atoms in total. The molecule has 1 aromatic heterocycles. The molecule has 0 atom stereocenters. The molecule has 0 aliphatic rings. The van der Waals surface area contributed by atoms with Crippen LogP contribution in [0.1, 0.15) is 23.0 Å². The third kappa shape index (κ3) is 2.18. The van der Waals surface area contributed by atoms with Crippen LogP contribution < -0.4 is 0 Å². The zero-order valence-electron chi connectivity index (χ0n) is 9.82. The summed E-state index contributed by atoms with van der Waals surface area (Å²) in [5.74, 6) is -4.78. The Balaban J connectivity index is 2.66. The highest BCUT2D eigenvalue weighted by atomic mass is 19.2. The molecule has 0 radical (unpaired) electrons. The molecule has 0 saturated heterocycles. The van der Waals surface area contributed by atoms with E-state index in [1.807, 2.05) is 0 Å². The van der Waals surface area contributed by atoms with Crippen LogP contribution in [0, 0.1) is 17.5 Å². The Hall–Kier alpha value is -2.31. The number of carboxylic acid groups (broad SMARTS) is 1. The molecule has 0 fully saturated rings. The average Bonchev–Trinajstić information content (AvgIpc) is 2.77. The van der Waals surface area contributed by atoms with Crippen LogP contribution in [0.25, 0.3) is 5.69 Å². The molecule has 0 aliphatic carbocycles. The normalized spacial score (nSPS) is 10.7. The lowest BCUT2D eigenvalue weighted by molar-refractivity contribution is 0.0695. The van der Waals surface area contributed by atoms with Crippen LogP contribution >= 0.6 is 0 Å². The number of hydrogen-bond acceptors (Lipinski definition) is 2. The first-order valence-corrected chi connectivity index (χ1v) is 5.40. The maximum absolute atomic E-state index is 13.6. The Morgan fingerprint density at radius 1 is 1.26 bits per heavy atom. The van der Waals surface area contributed by atoms with Gasteiger partial charge in [0.2, 0.25) is 0 Å². The summed E-state index contributed by atoms with van der Waals surface area (Å²) in [6.07, 6.45) is 1.29. The monoisotopic (exact) mass is 270 g/mol. The molecule has 0 bridgehead atoms. The average molecular weight is 270 g/mol. The molecule has 1 heterocycles. The van der Waals surface area contributed by atoms with Crippen LogP contribution in [0.3, 0.4) is 0 Å². The zero-order chi connectivity index (χ0) is 14.2. The van der Waals surface area contributed by atoms with Crippen molar-refractivity contribution in [1.82, 2.24) is 9.78 Å². The summed E-state index contributed by atoms with van der Waals surface area (Å²) in [6, 6.07) is 1.04. The summed E-state index contributed by atoms with van der Waals surface area (Å²) in [5, 5.41) is 12.7. The summed E-state index contributed by atoms with van der Waals surface area (Å²) in [6.45, 7) is 1.65. The molecule has 0 spiro atoms. The summed E-state index contributed by atoms with van der Waals surface area (Å²) < 4.78 is 40.6. The molecule has 1 aromatic carbocycles. The van der Waals surface area contributed by atoms with Crippen molar-refractivity contribution in [2.24, 2.45) is 0 Å². The first kappa shape index (κ1) is 13.1. The lowest BCUT2D eigenvalue weighted by atomic mass is 10.2. The van der Waals surface area contributed by atoms with E-state index in [9.17, 15) is 18.0 Å². The largest absolute Gasteiger partial charge is 0.478 e. The summed E-state index contributed by atoms with van der Waals surface area (Å²) >= 11 is 0. The van der Waals surface area contributed by atoms with Crippen LogP contribution in [0.2, 0.25) is 0 Å². The molecule has 0 unspecified atom stereocenters. The lowest BCUT2D eigenvalue weighted by Gasteiger charge is -2.08. The Kier molecular flexibility index (Phi) is 3.28. The summed E-state index contributed by atoms with van der Waals surface area (Å²) in [5.41, 5.74) is -0.229. The molecular weight excluding hydrogens is 261 g/mol. The molecule has 0 saturated carbocycles.